The Morgan fingerprint density at radius 1 is 1.20 bits per heavy atom. The van der Waals surface area contributed by atoms with Crippen molar-refractivity contribution >= 4 is 17.5 Å². The van der Waals surface area contributed by atoms with Gasteiger partial charge in [0.05, 0.1) is 6.42 Å². The van der Waals surface area contributed by atoms with Gasteiger partial charge in [-0.25, -0.2) is 0 Å². The topological polar surface area (TPSA) is 23.6 Å². The molecule has 3 nitrogen and oxygen atoms in total. The molecule has 4 heteroatoms. The zero-order valence-electron chi connectivity index (χ0n) is 11.7. The summed E-state index contributed by atoms with van der Waals surface area (Å²) in [7, 11) is 0. The molecule has 0 bridgehead atoms. The molecule has 1 aliphatic rings. The molecule has 1 saturated heterocycles. The first kappa shape index (κ1) is 15.1. The van der Waals surface area contributed by atoms with Crippen LogP contribution in [-0.2, 0) is 11.2 Å². The minimum atomic E-state index is 0.202. The van der Waals surface area contributed by atoms with Crippen molar-refractivity contribution < 1.29 is 4.79 Å². The van der Waals surface area contributed by atoms with Gasteiger partial charge in [-0.15, -0.1) is 6.58 Å². The number of nitrogens with zero attached hydrogens (tertiary/aromatic N) is 2. The molecule has 1 heterocycles. The predicted octanol–water partition coefficient (Wildman–Crippen LogP) is 2.60. The Kier molecular flexibility index (Phi) is 5.62. The fourth-order valence-corrected chi connectivity index (χ4v) is 2.60. The summed E-state index contributed by atoms with van der Waals surface area (Å²) in [5, 5.41) is 0.705. The number of rotatable bonds is 4. The van der Waals surface area contributed by atoms with Crippen molar-refractivity contribution in [2.45, 2.75) is 12.8 Å². The Bertz CT molecular complexity index is 458. The fraction of sp³-hybridized carbons (Fsp3) is 0.438. The van der Waals surface area contributed by atoms with Crippen LogP contribution in [0.1, 0.15) is 12.0 Å². The van der Waals surface area contributed by atoms with Gasteiger partial charge in [-0.1, -0.05) is 29.8 Å². The van der Waals surface area contributed by atoms with E-state index in [0.29, 0.717) is 11.4 Å². The maximum Gasteiger partial charge on any atom is 0.227 e. The van der Waals surface area contributed by atoms with Crippen molar-refractivity contribution in [2.75, 3.05) is 32.7 Å². The van der Waals surface area contributed by atoms with E-state index in [2.05, 4.69) is 11.5 Å². The maximum absolute atomic E-state index is 12.3. The van der Waals surface area contributed by atoms with Crippen LogP contribution in [0, 0.1) is 0 Å². The lowest BCUT2D eigenvalue weighted by molar-refractivity contribution is -0.130. The van der Waals surface area contributed by atoms with Gasteiger partial charge < -0.3 is 4.90 Å². The first-order chi connectivity index (χ1) is 9.69. The van der Waals surface area contributed by atoms with Gasteiger partial charge in [-0.2, -0.15) is 0 Å². The smallest absolute Gasteiger partial charge is 0.227 e. The average Bonchev–Trinajstić information content (AvgIpc) is 2.67. The summed E-state index contributed by atoms with van der Waals surface area (Å²) in [6.45, 7) is 8.29. The number of amides is 1. The molecular formula is C16H21ClN2O. The molecule has 1 amide bonds. The van der Waals surface area contributed by atoms with Crippen LogP contribution in [-0.4, -0.2) is 48.4 Å². The summed E-state index contributed by atoms with van der Waals surface area (Å²) in [5.74, 6) is 0.202. The Hall–Kier alpha value is -1.32. The fourth-order valence-electron chi connectivity index (χ4n) is 2.47. The van der Waals surface area contributed by atoms with Crippen molar-refractivity contribution in [2.24, 2.45) is 0 Å². The summed E-state index contributed by atoms with van der Waals surface area (Å²) >= 11 is 5.86. The highest BCUT2D eigenvalue weighted by Crippen LogP contribution is 2.12. The predicted molar refractivity (Wildman–Crippen MR) is 83.0 cm³/mol. The quantitative estimate of drug-likeness (QED) is 0.797. The van der Waals surface area contributed by atoms with E-state index in [9.17, 15) is 4.79 Å². The molecule has 0 unspecified atom stereocenters. The lowest BCUT2D eigenvalue weighted by Gasteiger charge is -2.21. The molecular weight excluding hydrogens is 272 g/mol. The third-order valence-electron chi connectivity index (χ3n) is 3.60. The van der Waals surface area contributed by atoms with Crippen LogP contribution in [0.15, 0.2) is 36.9 Å². The van der Waals surface area contributed by atoms with Gasteiger partial charge in [0, 0.05) is 37.7 Å². The van der Waals surface area contributed by atoms with E-state index in [0.717, 1.165) is 44.7 Å². The van der Waals surface area contributed by atoms with Gasteiger partial charge in [0.1, 0.15) is 0 Å². The third-order valence-corrected chi connectivity index (χ3v) is 3.85. The van der Waals surface area contributed by atoms with Crippen LogP contribution in [0.2, 0.25) is 5.02 Å². The van der Waals surface area contributed by atoms with E-state index in [4.69, 9.17) is 11.6 Å². The molecule has 1 aromatic carbocycles. The van der Waals surface area contributed by atoms with Gasteiger partial charge in [0.25, 0.3) is 0 Å². The lowest BCUT2D eigenvalue weighted by Crippen LogP contribution is -2.36. The SMILES string of the molecule is C=CCN1CCCN(C(=O)Cc2ccc(Cl)cc2)CC1. The number of halogens is 1. The highest BCUT2D eigenvalue weighted by Gasteiger charge is 2.18. The molecule has 0 spiro atoms. The second-order valence-corrected chi connectivity index (χ2v) is 5.56. The Morgan fingerprint density at radius 3 is 2.65 bits per heavy atom. The zero-order valence-corrected chi connectivity index (χ0v) is 12.5. The molecule has 0 saturated carbocycles. The van der Waals surface area contributed by atoms with Crippen LogP contribution in [0.25, 0.3) is 0 Å². The van der Waals surface area contributed by atoms with Gasteiger partial charge in [-0.3, -0.25) is 9.69 Å². The highest BCUT2D eigenvalue weighted by atomic mass is 35.5. The van der Waals surface area contributed by atoms with Gasteiger partial charge >= 0.3 is 0 Å². The Balaban J connectivity index is 1.89. The Labute approximate surface area is 125 Å². The lowest BCUT2D eigenvalue weighted by atomic mass is 10.1. The first-order valence-corrected chi connectivity index (χ1v) is 7.42. The minimum Gasteiger partial charge on any atom is -0.341 e. The van der Waals surface area contributed by atoms with Crippen LogP contribution < -0.4 is 0 Å². The van der Waals surface area contributed by atoms with Gasteiger partial charge in [0.15, 0.2) is 0 Å². The van der Waals surface area contributed by atoms with Crippen molar-refractivity contribution in [3.8, 4) is 0 Å². The molecule has 108 valence electrons. The minimum absolute atomic E-state index is 0.202. The van der Waals surface area contributed by atoms with Crippen LogP contribution >= 0.6 is 11.6 Å². The summed E-state index contributed by atoms with van der Waals surface area (Å²) < 4.78 is 0. The van der Waals surface area contributed by atoms with Crippen LogP contribution in [0.5, 0.6) is 0 Å². The molecule has 1 aromatic rings. The standard InChI is InChI=1S/C16H21ClN2O/c1-2-8-18-9-3-10-19(12-11-18)16(20)13-14-4-6-15(17)7-5-14/h2,4-7H,1,3,8-13H2. The zero-order chi connectivity index (χ0) is 14.4. The second-order valence-electron chi connectivity index (χ2n) is 5.13. The van der Waals surface area contributed by atoms with Crippen molar-refractivity contribution in [3.05, 3.63) is 47.5 Å². The van der Waals surface area contributed by atoms with Crippen molar-refractivity contribution in [1.82, 2.24) is 9.80 Å². The Morgan fingerprint density at radius 2 is 1.95 bits per heavy atom. The largest absolute Gasteiger partial charge is 0.341 e. The number of hydrogen-bond donors (Lipinski definition) is 0. The van der Waals surface area contributed by atoms with E-state index >= 15 is 0 Å². The molecule has 0 aliphatic carbocycles. The van der Waals surface area contributed by atoms with E-state index in [1.54, 1.807) is 0 Å². The molecule has 0 N–H and O–H groups in total. The van der Waals surface area contributed by atoms with E-state index in [1.165, 1.54) is 0 Å². The number of carbonyl (C=O) groups excluding carboxylic acids is 1. The van der Waals surface area contributed by atoms with Gasteiger partial charge in [0.2, 0.25) is 5.91 Å². The molecule has 20 heavy (non-hydrogen) atoms. The van der Waals surface area contributed by atoms with Crippen molar-refractivity contribution in [1.29, 1.82) is 0 Å². The maximum atomic E-state index is 12.3. The molecule has 0 radical (unpaired) electrons. The number of carbonyl (C=O) groups is 1. The molecule has 1 fully saturated rings. The summed E-state index contributed by atoms with van der Waals surface area (Å²) in [6.07, 6.45) is 3.41. The third kappa shape index (κ3) is 4.36. The molecule has 0 aromatic heterocycles. The monoisotopic (exact) mass is 292 g/mol. The average molecular weight is 293 g/mol. The molecule has 0 atom stereocenters. The van der Waals surface area contributed by atoms with E-state index in [-0.39, 0.29) is 5.91 Å². The van der Waals surface area contributed by atoms with E-state index < -0.39 is 0 Å². The molecule has 1 aliphatic heterocycles. The summed E-state index contributed by atoms with van der Waals surface area (Å²) in [6, 6.07) is 7.50. The highest BCUT2D eigenvalue weighted by molar-refractivity contribution is 6.30. The second kappa shape index (κ2) is 7.46. The van der Waals surface area contributed by atoms with Crippen LogP contribution in [0.4, 0.5) is 0 Å². The van der Waals surface area contributed by atoms with Gasteiger partial charge in [-0.05, 0) is 24.1 Å². The summed E-state index contributed by atoms with van der Waals surface area (Å²) in [5.41, 5.74) is 1.02. The normalized spacial score (nSPS) is 16.8. The first-order valence-electron chi connectivity index (χ1n) is 7.04. The van der Waals surface area contributed by atoms with Crippen molar-refractivity contribution in [3.63, 3.8) is 0 Å². The van der Waals surface area contributed by atoms with Crippen LogP contribution in [0.3, 0.4) is 0 Å². The number of hydrogen-bond acceptors (Lipinski definition) is 2. The summed E-state index contributed by atoms with van der Waals surface area (Å²) in [4.78, 5) is 16.6. The number of benzene rings is 1. The molecule has 2 rings (SSSR count). The van der Waals surface area contributed by atoms with E-state index in [1.807, 2.05) is 35.2 Å².